The van der Waals surface area contributed by atoms with Gasteiger partial charge in [0.2, 0.25) is 0 Å². The van der Waals surface area contributed by atoms with E-state index in [9.17, 15) is 0 Å². The molecule has 0 saturated heterocycles. The zero-order valence-electron chi connectivity index (χ0n) is 8.56. The molecule has 0 aromatic rings. The molecule has 3 heteroatoms. The molecule has 0 aromatic carbocycles. The molecule has 0 bridgehead atoms. The fourth-order valence-corrected chi connectivity index (χ4v) is 3.79. The molecule has 0 spiro atoms. The zero-order valence-corrected chi connectivity index (χ0v) is 10.6. The highest BCUT2D eigenvalue weighted by atomic mass is 28.4. The maximum atomic E-state index is 5.91. The van der Waals surface area contributed by atoms with Gasteiger partial charge in [0.15, 0.2) is 8.32 Å². The Morgan fingerprint density at radius 1 is 1.00 bits per heavy atom. The Labute approximate surface area is 73.3 Å². The van der Waals surface area contributed by atoms with Crippen molar-refractivity contribution in [2.24, 2.45) is 0 Å². The topological polar surface area (TPSA) is 9.23 Å². The quantitative estimate of drug-likeness (QED) is 0.619. The molecule has 0 fully saturated rings. The Balaban J connectivity index is 3.99. The molecule has 1 unspecified atom stereocenters. The largest absolute Gasteiger partial charge is 0.417 e. The fourth-order valence-electron chi connectivity index (χ4n) is 0.558. The maximum absolute atomic E-state index is 5.91. The molecule has 0 N–H and O–H groups in total. The van der Waals surface area contributed by atoms with Crippen LogP contribution >= 0.6 is 0 Å². The van der Waals surface area contributed by atoms with Crippen molar-refractivity contribution in [1.29, 1.82) is 0 Å². The van der Waals surface area contributed by atoms with E-state index in [1.54, 1.807) is 0 Å². The van der Waals surface area contributed by atoms with Crippen LogP contribution in [0.15, 0.2) is 0 Å². The molecule has 1 atom stereocenters. The summed E-state index contributed by atoms with van der Waals surface area (Å²) in [7, 11) is -2.70. The summed E-state index contributed by atoms with van der Waals surface area (Å²) in [5.74, 6) is 0. The molecule has 0 heterocycles. The highest BCUT2D eigenvalue weighted by molar-refractivity contribution is 6.79. The summed E-state index contributed by atoms with van der Waals surface area (Å²) in [5, 5.41) is 0. The monoisotopic (exact) mass is 188 g/mol. The predicted molar refractivity (Wildman–Crippen MR) is 55.9 cm³/mol. The molecule has 0 aromatic heterocycles. The van der Waals surface area contributed by atoms with Crippen molar-refractivity contribution in [3.05, 3.63) is 6.92 Å². The molecule has 0 aliphatic carbocycles. The van der Waals surface area contributed by atoms with Gasteiger partial charge in [-0.3, -0.25) is 0 Å². The summed E-state index contributed by atoms with van der Waals surface area (Å²) >= 11 is 0. The van der Waals surface area contributed by atoms with Crippen LogP contribution in [0.2, 0.25) is 39.3 Å². The molecular formula is C8H20OSi2. The van der Waals surface area contributed by atoms with Gasteiger partial charge in [0.05, 0.1) is 8.07 Å². The molecule has 0 aliphatic rings. The fraction of sp³-hybridized carbons (Fsp3) is 0.875. The van der Waals surface area contributed by atoms with Crippen LogP contribution < -0.4 is 0 Å². The van der Waals surface area contributed by atoms with Gasteiger partial charge in [0.25, 0.3) is 0 Å². The van der Waals surface area contributed by atoms with Crippen molar-refractivity contribution in [2.75, 3.05) is 0 Å². The van der Waals surface area contributed by atoms with E-state index in [-0.39, 0.29) is 5.73 Å². The van der Waals surface area contributed by atoms with Gasteiger partial charge >= 0.3 is 0 Å². The minimum atomic E-state index is -1.42. The van der Waals surface area contributed by atoms with Gasteiger partial charge in [-0.05, 0) is 26.6 Å². The summed E-state index contributed by atoms with van der Waals surface area (Å²) in [5.41, 5.74) is 0.00849. The second kappa shape index (κ2) is 3.41. The first-order valence-electron chi connectivity index (χ1n) is 4.06. The Morgan fingerprint density at radius 3 is 1.45 bits per heavy atom. The molecule has 0 saturated carbocycles. The van der Waals surface area contributed by atoms with Gasteiger partial charge in [0, 0.05) is 5.73 Å². The van der Waals surface area contributed by atoms with Gasteiger partial charge < -0.3 is 4.43 Å². The molecular weight excluding hydrogens is 168 g/mol. The summed E-state index contributed by atoms with van der Waals surface area (Å²) in [6.45, 7) is 19.1. The van der Waals surface area contributed by atoms with E-state index in [0.717, 1.165) is 0 Å². The van der Waals surface area contributed by atoms with Crippen LogP contribution in [0.1, 0.15) is 0 Å². The van der Waals surface area contributed by atoms with Crippen molar-refractivity contribution >= 4 is 16.4 Å². The third-order valence-corrected chi connectivity index (χ3v) is 4.36. The highest BCUT2D eigenvalue weighted by Gasteiger charge is 2.28. The Hall–Kier alpha value is 0.394. The lowest BCUT2D eigenvalue weighted by molar-refractivity contribution is 0.306. The van der Waals surface area contributed by atoms with Gasteiger partial charge in [0.1, 0.15) is 0 Å². The van der Waals surface area contributed by atoms with Crippen molar-refractivity contribution in [3.8, 4) is 0 Å². The van der Waals surface area contributed by atoms with Gasteiger partial charge in [-0.15, -0.1) is 0 Å². The molecule has 1 nitrogen and oxygen atoms in total. The van der Waals surface area contributed by atoms with Gasteiger partial charge in [-0.1, -0.05) is 19.6 Å². The van der Waals surface area contributed by atoms with E-state index in [1.807, 2.05) is 0 Å². The molecule has 2 radical (unpaired) electrons. The second-order valence-corrected chi connectivity index (χ2v) is 14.8. The van der Waals surface area contributed by atoms with E-state index in [0.29, 0.717) is 0 Å². The third kappa shape index (κ3) is 5.64. The zero-order chi connectivity index (χ0) is 9.28. The standard InChI is InChI=1S/C8H20OSi2/c1-8(10(2,3)4)9-11(5,6)7/h1,8H,2-7H3. The van der Waals surface area contributed by atoms with Crippen LogP contribution in [0, 0.1) is 6.92 Å². The average molecular weight is 188 g/mol. The lowest BCUT2D eigenvalue weighted by Crippen LogP contribution is -2.44. The lowest BCUT2D eigenvalue weighted by atomic mass is 10.9. The SMILES string of the molecule is [CH]C(O[Si](C)(C)C)[Si](C)(C)C. The summed E-state index contributed by atoms with van der Waals surface area (Å²) in [6.07, 6.45) is 0. The lowest BCUT2D eigenvalue weighted by Gasteiger charge is -2.31. The Bertz CT molecular complexity index is 121. The van der Waals surface area contributed by atoms with Crippen molar-refractivity contribution in [2.45, 2.75) is 45.0 Å². The molecule has 0 rings (SSSR count). The van der Waals surface area contributed by atoms with Crippen LogP contribution in [0.5, 0.6) is 0 Å². The van der Waals surface area contributed by atoms with Gasteiger partial charge in [-0.25, -0.2) is 0 Å². The second-order valence-electron chi connectivity index (χ2n) is 5.02. The minimum absolute atomic E-state index is 0.00849. The first-order chi connectivity index (χ1) is 4.63. The van der Waals surface area contributed by atoms with Crippen LogP contribution in [-0.4, -0.2) is 22.1 Å². The van der Waals surface area contributed by atoms with E-state index in [2.05, 4.69) is 39.3 Å². The van der Waals surface area contributed by atoms with E-state index in [1.165, 1.54) is 0 Å². The van der Waals surface area contributed by atoms with Crippen LogP contribution in [-0.2, 0) is 4.43 Å². The summed E-state index contributed by atoms with van der Waals surface area (Å²) < 4.78 is 5.78. The first kappa shape index (κ1) is 11.4. The van der Waals surface area contributed by atoms with Crippen molar-refractivity contribution in [3.63, 3.8) is 0 Å². The van der Waals surface area contributed by atoms with Crippen molar-refractivity contribution in [1.82, 2.24) is 0 Å². The minimum Gasteiger partial charge on any atom is -0.417 e. The molecule has 0 aliphatic heterocycles. The van der Waals surface area contributed by atoms with E-state index < -0.39 is 16.4 Å². The molecule has 66 valence electrons. The third-order valence-electron chi connectivity index (χ3n) is 1.33. The maximum Gasteiger partial charge on any atom is 0.183 e. The average Bonchev–Trinajstić information content (AvgIpc) is 1.56. The predicted octanol–water partition coefficient (Wildman–Crippen LogP) is 2.79. The smallest absolute Gasteiger partial charge is 0.183 e. The number of rotatable bonds is 3. The molecule has 0 amide bonds. The molecule has 11 heavy (non-hydrogen) atoms. The highest BCUT2D eigenvalue weighted by Crippen LogP contribution is 2.15. The normalized spacial score (nSPS) is 16.6. The van der Waals surface area contributed by atoms with Crippen LogP contribution in [0.25, 0.3) is 0 Å². The summed E-state index contributed by atoms with van der Waals surface area (Å²) in [6, 6.07) is 0. The van der Waals surface area contributed by atoms with E-state index in [4.69, 9.17) is 11.3 Å². The first-order valence-corrected chi connectivity index (χ1v) is 11.0. The van der Waals surface area contributed by atoms with Crippen LogP contribution in [0.3, 0.4) is 0 Å². The van der Waals surface area contributed by atoms with Gasteiger partial charge in [-0.2, -0.15) is 0 Å². The number of hydrogen-bond acceptors (Lipinski definition) is 1. The van der Waals surface area contributed by atoms with Crippen LogP contribution in [0.4, 0.5) is 0 Å². The Kier molecular flexibility index (Phi) is 3.53. The van der Waals surface area contributed by atoms with E-state index >= 15 is 0 Å². The number of hydrogen-bond donors (Lipinski definition) is 0. The summed E-state index contributed by atoms with van der Waals surface area (Å²) in [4.78, 5) is 0. The Morgan fingerprint density at radius 2 is 1.36 bits per heavy atom. The van der Waals surface area contributed by atoms with Crippen molar-refractivity contribution < 1.29 is 4.43 Å².